The largest absolute Gasteiger partial charge is 0.428 e. The first-order valence-corrected chi connectivity index (χ1v) is 3.97. The molecule has 0 fully saturated rings. The Hall–Kier alpha value is -1.77. The molecule has 0 spiro atoms. The highest BCUT2D eigenvalue weighted by Crippen LogP contribution is 2.14. The van der Waals surface area contributed by atoms with Crippen LogP contribution in [0.2, 0.25) is 0 Å². The van der Waals surface area contributed by atoms with E-state index in [2.05, 4.69) is 0 Å². The third-order valence-corrected chi connectivity index (χ3v) is 1.91. The van der Waals surface area contributed by atoms with Gasteiger partial charge in [-0.15, -0.1) is 0 Å². The minimum atomic E-state index is -0.310. The van der Waals surface area contributed by atoms with Crippen LogP contribution in [0, 0.1) is 6.92 Å². The van der Waals surface area contributed by atoms with E-state index in [0.29, 0.717) is 16.8 Å². The molecule has 3 nitrogen and oxygen atoms in total. The van der Waals surface area contributed by atoms with Gasteiger partial charge in [-0.25, -0.2) is 4.79 Å². The summed E-state index contributed by atoms with van der Waals surface area (Å²) in [5.41, 5.74) is 5.93. The molecule has 1 heterocycles. The Morgan fingerprint density at radius 2 is 2.08 bits per heavy atom. The molecule has 1 aromatic heterocycles. The van der Waals surface area contributed by atoms with Crippen molar-refractivity contribution >= 4 is 16.5 Å². The number of hydrogen-bond donors (Lipinski definition) is 1. The first-order valence-electron chi connectivity index (χ1n) is 3.97. The van der Waals surface area contributed by atoms with Gasteiger partial charge in [0.2, 0.25) is 0 Å². The van der Waals surface area contributed by atoms with Crippen LogP contribution in [-0.2, 0) is 0 Å². The summed E-state index contributed by atoms with van der Waals surface area (Å²) in [5, 5.41) is 1.40. The number of anilines is 1. The van der Waals surface area contributed by atoms with Crippen molar-refractivity contribution in [1.82, 2.24) is 0 Å². The normalized spacial score (nSPS) is 10.5. The molecule has 0 amide bonds. The van der Waals surface area contributed by atoms with Gasteiger partial charge in [-0.2, -0.15) is 0 Å². The second-order valence-corrected chi connectivity index (χ2v) is 2.99. The average molecular weight is 175 g/mol. The number of fused-ring (bicyclic) bond motifs is 1. The molecule has 0 unspecified atom stereocenters. The zero-order chi connectivity index (χ0) is 9.42. The molecule has 0 atom stereocenters. The maximum Gasteiger partial charge on any atom is 0.343 e. The third-order valence-electron chi connectivity index (χ3n) is 1.91. The van der Waals surface area contributed by atoms with Crippen molar-refractivity contribution in [2.75, 3.05) is 5.73 Å². The summed E-state index contributed by atoms with van der Waals surface area (Å²) in [6, 6.07) is 6.93. The van der Waals surface area contributed by atoms with Crippen LogP contribution in [0.25, 0.3) is 10.8 Å². The summed E-state index contributed by atoms with van der Waals surface area (Å²) in [7, 11) is 0. The Bertz CT molecular complexity index is 509. The average Bonchev–Trinajstić information content (AvgIpc) is 2.02. The Morgan fingerprint density at radius 1 is 1.31 bits per heavy atom. The summed E-state index contributed by atoms with van der Waals surface area (Å²) in [6.07, 6.45) is 0. The molecule has 2 rings (SSSR count). The number of nitrogen functional groups attached to an aromatic ring is 1. The van der Waals surface area contributed by atoms with Gasteiger partial charge in [-0.3, -0.25) is 0 Å². The topological polar surface area (TPSA) is 56.2 Å². The highest BCUT2D eigenvalue weighted by Gasteiger charge is 2.01. The lowest BCUT2D eigenvalue weighted by Gasteiger charge is -1.98. The van der Waals surface area contributed by atoms with Gasteiger partial charge >= 0.3 is 5.63 Å². The Labute approximate surface area is 74.8 Å². The second kappa shape index (κ2) is 2.62. The van der Waals surface area contributed by atoms with Crippen molar-refractivity contribution in [2.45, 2.75) is 6.92 Å². The summed E-state index contributed by atoms with van der Waals surface area (Å²) in [4.78, 5) is 11.3. The van der Waals surface area contributed by atoms with Crippen LogP contribution in [-0.4, -0.2) is 0 Å². The monoisotopic (exact) mass is 175 g/mol. The summed E-state index contributed by atoms with van der Waals surface area (Å²) < 4.78 is 4.93. The van der Waals surface area contributed by atoms with Crippen LogP contribution < -0.4 is 11.4 Å². The third kappa shape index (κ3) is 1.28. The number of aryl methyl sites for hydroxylation is 1. The molecule has 66 valence electrons. The maximum absolute atomic E-state index is 11.3. The molecule has 0 aliphatic rings. The van der Waals surface area contributed by atoms with Gasteiger partial charge in [0.15, 0.2) is 0 Å². The van der Waals surface area contributed by atoms with Crippen LogP contribution in [0.5, 0.6) is 0 Å². The molecule has 0 saturated heterocycles. The van der Waals surface area contributed by atoms with Crippen molar-refractivity contribution in [3.63, 3.8) is 0 Å². The first-order chi connectivity index (χ1) is 6.16. The van der Waals surface area contributed by atoms with E-state index in [9.17, 15) is 4.79 Å². The van der Waals surface area contributed by atoms with E-state index in [4.69, 9.17) is 10.2 Å². The SMILES string of the molecule is Cc1cc2cc(N)ccc2c(=O)o1. The number of rotatable bonds is 0. The molecular formula is C10H9NO2. The molecule has 0 aliphatic carbocycles. The van der Waals surface area contributed by atoms with Gasteiger partial charge in [0.05, 0.1) is 5.39 Å². The molecule has 1 aromatic carbocycles. The highest BCUT2D eigenvalue weighted by molar-refractivity contribution is 5.84. The molecule has 0 bridgehead atoms. The Kier molecular flexibility index (Phi) is 1.59. The molecule has 2 N–H and O–H groups in total. The van der Waals surface area contributed by atoms with Gasteiger partial charge in [-0.1, -0.05) is 0 Å². The van der Waals surface area contributed by atoms with Crippen molar-refractivity contribution in [3.05, 3.63) is 40.4 Å². The molecule has 2 aromatic rings. The lowest BCUT2D eigenvalue weighted by Crippen LogP contribution is -2.00. The summed E-state index contributed by atoms with van der Waals surface area (Å²) >= 11 is 0. The number of hydrogen-bond acceptors (Lipinski definition) is 3. The van der Waals surface area contributed by atoms with Gasteiger partial charge < -0.3 is 10.2 Å². The molecule has 0 radical (unpaired) electrons. The highest BCUT2D eigenvalue weighted by atomic mass is 16.4. The van der Waals surface area contributed by atoms with Crippen molar-refractivity contribution in [2.24, 2.45) is 0 Å². The fraction of sp³-hybridized carbons (Fsp3) is 0.100. The van der Waals surface area contributed by atoms with E-state index in [1.54, 1.807) is 31.2 Å². The van der Waals surface area contributed by atoms with Crippen LogP contribution in [0.15, 0.2) is 33.5 Å². The van der Waals surface area contributed by atoms with Crippen molar-refractivity contribution in [1.29, 1.82) is 0 Å². The van der Waals surface area contributed by atoms with E-state index >= 15 is 0 Å². The molecule has 13 heavy (non-hydrogen) atoms. The molecular weight excluding hydrogens is 166 g/mol. The lowest BCUT2D eigenvalue weighted by molar-refractivity contribution is 0.488. The lowest BCUT2D eigenvalue weighted by atomic mass is 10.1. The van der Waals surface area contributed by atoms with Crippen molar-refractivity contribution in [3.8, 4) is 0 Å². The number of nitrogens with two attached hydrogens (primary N) is 1. The fourth-order valence-electron chi connectivity index (χ4n) is 1.34. The summed E-state index contributed by atoms with van der Waals surface area (Å²) in [5.74, 6) is 0.600. The van der Waals surface area contributed by atoms with E-state index < -0.39 is 0 Å². The first kappa shape index (κ1) is 7.86. The van der Waals surface area contributed by atoms with Gasteiger partial charge in [0, 0.05) is 5.69 Å². The van der Waals surface area contributed by atoms with Gasteiger partial charge in [-0.05, 0) is 36.6 Å². The zero-order valence-corrected chi connectivity index (χ0v) is 7.20. The predicted molar refractivity (Wildman–Crippen MR) is 51.6 cm³/mol. The van der Waals surface area contributed by atoms with E-state index in [-0.39, 0.29) is 5.63 Å². The van der Waals surface area contributed by atoms with E-state index in [0.717, 1.165) is 5.39 Å². The standard InChI is InChI=1S/C10H9NO2/c1-6-4-7-5-8(11)2-3-9(7)10(12)13-6/h2-5H,11H2,1H3. The quantitative estimate of drug-likeness (QED) is 0.620. The second-order valence-electron chi connectivity index (χ2n) is 2.99. The Balaban J connectivity index is 2.95. The van der Waals surface area contributed by atoms with Crippen molar-refractivity contribution < 1.29 is 4.42 Å². The zero-order valence-electron chi connectivity index (χ0n) is 7.20. The van der Waals surface area contributed by atoms with Crippen LogP contribution >= 0.6 is 0 Å². The van der Waals surface area contributed by atoms with Crippen LogP contribution in [0.3, 0.4) is 0 Å². The minimum absolute atomic E-state index is 0.310. The van der Waals surface area contributed by atoms with Crippen LogP contribution in [0.1, 0.15) is 5.76 Å². The predicted octanol–water partition coefficient (Wildman–Crippen LogP) is 1.68. The molecule has 0 aliphatic heterocycles. The molecule has 3 heteroatoms. The van der Waals surface area contributed by atoms with Gasteiger partial charge in [0.1, 0.15) is 5.76 Å². The maximum atomic E-state index is 11.3. The Morgan fingerprint density at radius 3 is 2.85 bits per heavy atom. The van der Waals surface area contributed by atoms with E-state index in [1.807, 2.05) is 0 Å². The molecule has 0 saturated carbocycles. The van der Waals surface area contributed by atoms with Crippen LogP contribution in [0.4, 0.5) is 5.69 Å². The fourth-order valence-corrected chi connectivity index (χ4v) is 1.34. The number of benzene rings is 1. The van der Waals surface area contributed by atoms with Gasteiger partial charge in [0.25, 0.3) is 0 Å². The smallest absolute Gasteiger partial charge is 0.343 e. The van der Waals surface area contributed by atoms with E-state index in [1.165, 1.54) is 0 Å². The summed E-state index contributed by atoms with van der Waals surface area (Å²) in [6.45, 7) is 1.74. The minimum Gasteiger partial charge on any atom is -0.428 e.